The van der Waals surface area contributed by atoms with Crippen LogP contribution in [0.3, 0.4) is 0 Å². The third-order valence-electron chi connectivity index (χ3n) is 3.93. The van der Waals surface area contributed by atoms with Crippen LogP contribution in [-0.4, -0.2) is 6.04 Å². The van der Waals surface area contributed by atoms with Gasteiger partial charge in [-0.05, 0) is 48.1 Å². The van der Waals surface area contributed by atoms with Crippen LogP contribution < -0.4 is 5.73 Å². The van der Waals surface area contributed by atoms with E-state index in [4.69, 9.17) is 5.73 Å². The first kappa shape index (κ1) is 12.6. The molecule has 0 aromatic heterocycles. The summed E-state index contributed by atoms with van der Waals surface area (Å²) >= 11 is 0. The van der Waals surface area contributed by atoms with Gasteiger partial charge in [0.05, 0.1) is 0 Å². The van der Waals surface area contributed by atoms with Crippen molar-refractivity contribution < 1.29 is 0 Å². The minimum Gasteiger partial charge on any atom is -0.328 e. The van der Waals surface area contributed by atoms with Crippen LogP contribution in [0.25, 0.3) is 0 Å². The number of nitrogens with two attached hydrogens (primary N) is 1. The predicted molar refractivity (Wildman–Crippen MR) is 74.2 cm³/mol. The fourth-order valence-electron chi connectivity index (χ4n) is 2.77. The second-order valence-electron chi connectivity index (χ2n) is 6.59. The molecule has 2 atom stereocenters. The van der Waals surface area contributed by atoms with Crippen LogP contribution >= 0.6 is 0 Å². The van der Waals surface area contributed by atoms with E-state index in [0.29, 0.717) is 6.04 Å². The third kappa shape index (κ3) is 3.32. The van der Waals surface area contributed by atoms with E-state index >= 15 is 0 Å². The zero-order chi connectivity index (χ0) is 12.5. The van der Waals surface area contributed by atoms with Gasteiger partial charge in [-0.2, -0.15) is 0 Å². The van der Waals surface area contributed by atoms with Crippen LogP contribution in [-0.2, 0) is 11.8 Å². The topological polar surface area (TPSA) is 26.0 Å². The highest BCUT2D eigenvalue weighted by Gasteiger charge is 2.22. The summed E-state index contributed by atoms with van der Waals surface area (Å²) in [6.45, 7) is 6.79. The van der Waals surface area contributed by atoms with E-state index in [1.165, 1.54) is 36.8 Å². The Labute approximate surface area is 105 Å². The van der Waals surface area contributed by atoms with Crippen LogP contribution in [0, 0.1) is 5.92 Å². The molecule has 1 aliphatic rings. The van der Waals surface area contributed by atoms with Crippen molar-refractivity contribution in [3.05, 3.63) is 35.4 Å². The van der Waals surface area contributed by atoms with Gasteiger partial charge >= 0.3 is 0 Å². The fourth-order valence-corrected chi connectivity index (χ4v) is 2.77. The van der Waals surface area contributed by atoms with Crippen LogP contribution in [0.4, 0.5) is 0 Å². The Morgan fingerprint density at radius 1 is 1.12 bits per heavy atom. The lowest BCUT2D eigenvalue weighted by Gasteiger charge is -2.19. The lowest BCUT2D eigenvalue weighted by atomic mass is 9.86. The van der Waals surface area contributed by atoms with Crippen LogP contribution in [0.1, 0.15) is 51.2 Å². The maximum atomic E-state index is 5.96. The van der Waals surface area contributed by atoms with Gasteiger partial charge in [0.15, 0.2) is 0 Å². The Balaban J connectivity index is 1.99. The SMILES string of the molecule is CC(C)(C)c1ccc(CC2CCC(N)C2)cc1. The predicted octanol–water partition coefficient (Wildman–Crippen LogP) is 3.65. The molecule has 0 heterocycles. The van der Waals surface area contributed by atoms with E-state index in [9.17, 15) is 0 Å². The first-order valence-electron chi connectivity index (χ1n) is 6.80. The van der Waals surface area contributed by atoms with Crippen molar-refractivity contribution in [1.82, 2.24) is 0 Å². The van der Waals surface area contributed by atoms with Crippen LogP contribution in [0.15, 0.2) is 24.3 Å². The number of benzene rings is 1. The Bertz CT molecular complexity index is 358. The molecule has 1 aromatic carbocycles. The highest BCUT2D eigenvalue weighted by Crippen LogP contribution is 2.28. The van der Waals surface area contributed by atoms with Crippen molar-refractivity contribution in [2.75, 3.05) is 0 Å². The van der Waals surface area contributed by atoms with E-state index in [2.05, 4.69) is 45.0 Å². The molecule has 0 amide bonds. The van der Waals surface area contributed by atoms with Gasteiger partial charge in [-0.25, -0.2) is 0 Å². The van der Waals surface area contributed by atoms with Crippen molar-refractivity contribution in [2.45, 2.75) is 57.9 Å². The van der Waals surface area contributed by atoms with Gasteiger partial charge < -0.3 is 5.73 Å². The Kier molecular flexibility index (Phi) is 3.58. The van der Waals surface area contributed by atoms with E-state index in [0.717, 1.165) is 5.92 Å². The average molecular weight is 231 g/mol. The first-order valence-corrected chi connectivity index (χ1v) is 6.80. The van der Waals surface area contributed by atoms with E-state index in [1.54, 1.807) is 0 Å². The van der Waals surface area contributed by atoms with Crippen molar-refractivity contribution >= 4 is 0 Å². The number of rotatable bonds is 2. The van der Waals surface area contributed by atoms with Crippen molar-refractivity contribution in [3.8, 4) is 0 Å². The van der Waals surface area contributed by atoms with E-state index in [1.807, 2.05) is 0 Å². The lowest BCUT2D eigenvalue weighted by molar-refractivity contribution is 0.534. The summed E-state index contributed by atoms with van der Waals surface area (Å²) in [5.41, 5.74) is 9.11. The third-order valence-corrected chi connectivity index (χ3v) is 3.93. The minimum atomic E-state index is 0.258. The molecular formula is C16H25N. The zero-order valence-corrected chi connectivity index (χ0v) is 11.4. The maximum Gasteiger partial charge on any atom is 0.00416 e. The second-order valence-corrected chi connectivity index (χ2v) is 6.59. The van der Waals surface area contributed by atoms with Crippen molar-refractivity contribution in [1.29, 1.82) is 0 Å². The number of hydrogen-bond acceptors (Lipinski definition) is 1. The van der Waals surface area contributed by atoms with Gasteiger partial charge in [-0.3, -0.25) is 0 Å². The largest absolute Gasteiger partial charge is 0.328 e. The highest BCUT2D eigenvalue weighted by atomic mass is 14.6. The summed E-state index contributed by atoms with van der Waals surface area (Å²) in [7, 11) is 0. The Morgan fingerprint density at radius 2 is 1.76 bits per heavy atom. The van der Waals surface area contributed by atoms with Gasteiger partial charge in [-0.15, -0.1) is 0 Å². The van der Waals surface area contributed by atoms with E-state index < -0.39 is 0 Å². The second kappa shape index (κ2) is 4.81. The molecule has 94 valence electrons. The molecular weight excluding hydrogens is 206 g/mol. The van der Waals surface area contributed by atoms with Gasteiger partial charge in [0.2, 0.25) is 0 Å². The molecule has 1 aromatic rings. The summed E-state index contributed by atoms with van der Waals surface area (Å²) in [4.78, 5) is 0. The van der Waals surface area contributed by atoms with Crippen LogP contribution in [0.5, 0.6) is 0 Å². The molecule has 2 rings (SSSR count). The van der Waals surface area contributed by atoms with Gasteiger partial charge in [-0.1, -0.05) is 45.0 Å². The monoisotopic (exact) mass is 231 g/mol. The summed E-state index contributed by atoms with van der Waals surface area (Å²) in [6, 6.07) is 9.61. The molecule has 1 heteroatoms. The molecule has 2 unspecified atom stereocenters. The fraction of sp³-hybridized carbons (Fsp3) is 0.625. The Morgan fingerprint density at radius 3 is 2.24 bits per heavy atom. The molecule has 17 heavy (non-hydrogen) atoms. The molecule has 1 nitrogen and oxygen atoms in total. The standard InChI is InChI=1S/C16H25N/c1-16(2,3)14-7-4-12(5-8-14)10-13-6-9-15(17)11-13/h4-5,7-8,13,15H,6,9-11,17H2,1-3H3. The Hall–Kier alpha value is -0.820. The molecule has 0 bridgehead atoms. The normalized spacial score (nSPS) is 25.2. The molecule has 2 N–H and O–H groups in total. The first-order chi connectivity index (χ1) is 7.95. The molecule has 1 saturated carbocycles. The quantitative estimate of drug-likeness (QED) is 0.826. The minimum absolute atomic E-state index is 0.258. The molecule has 0 radical (unpaired) electrons. The van der Waals surface area contributed by atoms with Crippen molar-refractivity contribution in [3.63, 3.8) is 0 Å². The summed E-state index contributed by atoms with van der Waals surface area (Å²) < 4.78 is 0. The molecule has 0 spiro atoms. The van der Waals surface area contributed by atoms with Gasteiger partial charge in [0.25, 0.3) is 0 Å². The molecule has 0 saturated heterocycles. The zero-order valence-electron chi connectivity index (χ0n) is 11.4. The summed E-state index contributed by atoms with van der Waals surface area (Å²) in [5.74, 6) is 0.811. The lowest BCUT2D eigenvalue weighted by Crippen LogP contribution is -2.15. The highest BCUT2D eigenvalue weighted by molar-refractivity contribution is 5.27. The average Bonchev–Trinajstić information content (AvgIpc) is 2.63. The summed E-state index contributed by atoms with van der Waals surface area (Å²) in [5, 5.41) is 0. The number of hydrogen-bond donors (Lipinski definition) is 1. The smallest absolute Gasteiger partial charge is 0.00416 e. The van der Waals surface area contributed by atoms with Crippen LogP contribution in [0.2, 0.25) is 0 Å². The maximum absolute atomic E-state index is 5.96. The van der Waals surface area contributed by atoms with Gasteiger partial charge in [0, 0.05) is 6.04 Å². The molecule has 1 aliphatic carbocycles. The van der Waals surface area contributed by atoms with Gasteiger partial charge in [0.1, 0.15) is 0 Å². The molecule has 1 fully saturated rings. The molecule has 0 aliphatic heterocycles. The van der Waals surface area contributed by atoms with E-state index in [-0.39, 0.29) is 5.41 Å². The summed E-state index contributed by atoms with van der Waals surface area (Å²) in [6.07, 6.45) is 4.94. The van der Waals surface area contributed by atoms with Crippen molar-refractivity contribution in [2.24, 2.45) is 11.7 Å².